The molecular weight excluding hydrogens is 635 g/mol. The summed E-state index contributed by atoms with van der Waals surface area (Å²) in [5.74, 6) is -2.92. The van der Waals surface area contributed by atoms with Gasteiger partial charge in [0, 0.05) is 25.8 Å². The monoisotopic (exact) mass is 676 g/mol. The maximum Gasteiger partial charge on any atom is 0.347 e. The van der Waals surface area contributed by atoms with E-state index in [2.05, 4.69) is 10.6 Å². The van der Waals surface area contributed by atoms with Crippen molar-refractivity contribution in [1.29, 1.82) is 0 Å². The topological polar surface area (TPSA) is 140 Å². The summed E-state index contributed by atoms with van der Waals surface area (Å²) in [5, 5.41) is 15.9. The average Bonchev–Trinajstić information content (AvgIpc) is 3.02. The van der Waals surface area contributed by atoms with Crippen molar-refractivity contribution in [2.75, 3.05) is 13.7 Å². The standard InChI is InChI=1S/C34H42Cl2N2O8/c1-20(2)15-29-34(43)45-24(18-27(39)31(36)23-9-6-5-7-10-23)11-8-12-30(40)38-26(32(41)37-19-21(3)33(42)46-29)17-22-13-14-28(44-4)25(35)16-22/h5-10,12-14,16,20-21,24,26-27,29,31,39H,11,15,17-19H2,1-4H3,(H,37,41)(H,38,40)/b12-8+/t21-,24+,26-,27+,29-,31-/m1/s1. The first kappa shape index (κ1) is 36.9. The van der Waals surface area contributed by atoms with Gasteiger partial charge in [0.05, 0.1) is 29.5 Å². The van der Waals surface area contributed by atoms with Crippen LogP contribution in [0.2, 0.25) is 5.02 Å². The maximum absolute atomic E-state index is 13.3. The van der Waals surface area contributed by atoms with E-state index in [0.717, 1.165) is 0 Å². The number of aliphatic hydroxyl groups is 1. The molecule has 0 unspecified atom stereocenters. The van der Waals surface area contributed by atoms with Crippen LogP contribution in [-0.2, 0) is 35.1 Å². The molecule has 0 radical (unpaired) electrons. The molecule has 1 aliphatic rings. The Balaban J connectivity index is 1.88. The molecule has 3 N–H and O–H groups in total. The van der Waals surface area contributed by atoms with Gasteiger partial charge in [-0.15, -0.1) is 11.6 Å². The molecule has 3 rings (SSSR count). The number of esters is 2. The van der Waals surface area contributed by atoms with Crippen molar-refractivity contribution in [3.05, 3.63) is 76.8 Å². The Bertz CT molecular complexity index is 1370. The van der Waals surface area contributed by atoms with E-state index in [1.54, 1.807) is 49.4 Å². The molecule has 2 aromatic rings. The van der Waals surface area contributed by atoms with Crippen LogP contribution in [-0.4, -0.2) is 66.9 Å². The summed E-state index contributed by atoms with van der Waals surface area (Å²) in [5.41, 5.74) is 1.36. The van der Waals surface area contributed by atoms with E-state index in [1.807, 2.05) is 19.9 Å². The second-order valence-corrected chi connectivity index (χ2v) is 12.6. The summed E-state index contributed by atoms with van der Waals surface area (Å²) in [6, 6.07) is 13.0. The normalized spacial score (nSPS) is 23.8. The lowest BCUT2D eigenvalue weighted by molar-refractivity contribution is -0.175. The molecule has 0 saturated carbocycles. The number of methoxy groups -OCH3 is 1. The van der Waals surface area contributed by atoms with Gasteiger partial charge < -0.3 is 30.0 Å². The van der Waals surface area contributed by atoms with Crippen LogP contribution in [0.3, 0.4) is 0 Å². The average molecular weight is 678 g/mol. The highest BCUT2D eigenvalue weighted by Gasteiger charge is 2.32. The molecule has 250 valence electrons. The molecule has 46 heavy (non-hydrogen) atoms. The second-order valence-electron chi connectivity index (χ2n) is 11.7. The highest BCUT2D eigenvalue weighted by molar-refractivity contribution is 6.32. The number of rotatable bonds is 9. The fraction of sp³-hybridized carbons (Fsp3) is 0.471. The van der Waals surface area contributed by atoms with Crippen LogP contribution in [0.15, 0.2) is 60.7 Å². The largest absolute Gasteiger partial charge is 0.495 e. The maximum atomic E-state index is 13.3. The molecule has 0 saturated heterocycles. The Morgan fingerprint density at radius 1 is 1.02 bits per heavy atom. The third-order valence-corrected chi connectivity index (χ3v) is 8.23. The van der Waals surface area contributed by atoms with E-state index in [-0.39, 0.29) is 38.1 Å². The number of halogens is 2. The Morgan fingerprint density at radius 3 is 2.39 bits per heavy atom. The van der Waals surface area contributed by atoms with Crippen molar-refractivity contribution in [1.82, 2.24) is 10.6 Å². The van der Waals surface area contributed by atoms with Crippen LogP contribution in [0.1, 0.15) is 56.5 Å². The summed E-state index contributed by atoms with van der Waals surface area (Å²) in [7, 11) is 1.49. The molecule has 0 aromatic heterocycles. The number of alkyl halides is 1. The summed E-state index contributed by atoms with van der Waals surface area (Å²) >= 11 is 12.8. The van der Waals surface area contributed by atoms with E-state index in [9.17, 15) is 24.3 Å². The lowest BCUT2D eigenvalue weighted by Crippen LogP contribution is -2.49. The fourth-order valence-electron chi connectivity index (χ4n) is 4.85. The summed E-state index contributed by atoms with van der Waals surface area (Å²) in [4.78, 5) is 52.6. The molecule has 0 bridgehead atoms. The molecule has 6 atom stereocenters. The molecule has 10 nitrogen and oxygen atoms in total. The molecule has 0 aliphatic carbocycles. The van der Waals surface area contributed by atoms with Crippen LogP contribution >= 0.6 is 23.2 Å². The number of cyclic esters (lactones) is 2. The first-order chi connectivity index (χ1) is 21.9. The van der Waals surface area contributed by atoms with Crippen LogP contribution < -0.4 is 15.4 Å². The molecular formula is C34H42Cl2N2O8. The van der Waals surface area contributed by atoms with Crippen molar-refractivity contribution in [2.24, 2.45) is 11.8 Å². The van der Waals surface area contributed by atoms with Gasteiger partial charge in [-0.1, -0.05) is 74.8 Å². The van der Waals surface area contributed by atoms with E-state index in [4.69, 9.17) is 37.4 Å². The number of hydrogen-bond donors (Lipinski definition) is 3. The van der Waals surface area contributed by atoms with Gasteiger partial charge in [-0.05, 0) is 41.7 Å². The SMILES string of the molecule is COc1ccc(C[C@H]2NC(=O)/C=C/C[C@@H](C[C@H](O)[C@H](Cl)c3ccccc3)OC(=O)[C@@H](CC(C)C)OC(=O)[C@H](C)CNC2=O)cc1Cl. The smallest absolute Gasteiger partial charge is 0.347 e. The summed E-state index contributed by atoms with van der Waals surface area (Å²) < 4.78 is 16.6. The zero-order valence-corrected chi connectivity index (χ0v) is 27.9. The fourth-order valence-corrected chi connectivity index (χ4v) is 5.37. The van der Waals surface area contributed by atoms with Crippen molar-refractivity contribution in [3.8, 4) is 5.75 Å². The number of benzene rings is 2. The Morgan fingerprint density at radius 2 is 1.74 bits per heavy atom. The number of ether oxygens (including phenoxy) is 3. The first-order valence-corrected chi connectivity index (χ1v) is 16.0. The van der Waals surface area contributed by atoms with Crippen LogP contribution in [0.5, 0.6) is 5.75 Å². The van der Waals surface area contributed by atoms with Gasteiger partial charge in [-0.3, -0.25) is 14.4 Å². The lowest BCUT2D eigenvalue weighted by atomic mass is 10.0. The van der Waals surface area contributed by atoms with Crippen LogP contribution in [0.4, 0.5) is 0 Å². The van der Waals surface area contributed by atoms with E-state index in [0.29, 0.717) is 21.9 Å². The minimum Gasteiger partial charge on any atom is -0.495 e. The minimum absolute atomic E-state index is 0.0175. The minimum atomic E-state index is -1.21. The van der Waals surface area contributed by atoms with Crippen LogP contribution in [0, 0.1) is 11.8 Å². The molecule has 2 aromatic carbocycles. The van der Waals surface area contributed by atoms with E-state index in [1.165, 1.54) is 19.3 Å². The second kappa shape index (κ2) is 17.9. The highest BCUT2D eigenvalue weighted by Crippen LogP contribution is 2.29. The van der Waals surface area contributed by atoms with Gasteiger partial charge >= 0.3 is 11.9 Å². The predicted octanol–water partition coefficient (Wildman–Crippen LogP) is 4.69. The van der Waals surface area contributed by atoms with Crippen molar-refractivity contribution in [3.63, 3.8) is 0 Å². The zero-order chi connectivity index (χ0) is 33.8. The molecule has 2 amide bonds. The van der Waals surface area contributed by atoms with E-state index < -0.39 is 59.4 Å². The highest BCUT2D eigenvalue weighted by atomic mass is 35.5. The predicted molar refractivity (Wildman–Crippen MR) is 174 cm³/mol. The third kappa shape index (κ3) is 11.3. The number of carbonyl (C=O) groups is 4. The van der Waals surface area contributed by atoms with Crippen LogP contribution in [0.25, 0.3) is 0 Å². The number of aliphatic hydroxyl groups excluding tert-OH is 1. The zero-order valence-electron chi connectivity index (χ0n) is 26.4. The van der Waals surface area contributed by atoms with E-state index >= 15 is 0 Å². The lowest BCUT2D eigenvalue weighted by Gasteiger charge is -2.26. The third-order valence-electron chi connectivity index (χ3n) is 7.39. The molecule has 0 spiro atoms. The van der Waals surface area contributed by atoms with Crippen molar-refractivity contribution < 1.29 is 38.5 Å². The molecule has 0 fully saturated rings. The van der Waals surface area contributed by atoms with Gasteiger partial charge in [-0.25, -0.2) is 4.79 Å². The Labute approximate surface area is 279 Å². The first-order valence-electron chi connectivity index (χ1n) is 15.2. The summed E-state index contributed by atoms with van der Waals surface area (Å²) in [6.07, 6.45) is -0.202. The molecule has 12 heteroatoms. The van der Waals surface area contributed by atoms with Gasteiger partial charge in [0.2, 0.25) is 11.8 Å². The van der Waals surface area contributed by atoms with Gasteiger partial charge in [0.25, 0.3) is 0 Å². The van der Waals surface area contributed by atoms with Gasteiger partial charge in [-0.2, -0.15) is 0 Å². The Kier molecular flexibility index (Phi) is 14.4. The summed E-state index contributed by atoms with van der Waals surface area (Å²) in [6.45, 7) is 5.21. The van der Waals surface area contributed by atoms with Crippen molar-refractivity contribution >= 4 is 47.0 Å². The van der Waals surface area contributed by atoms with Gasteiger partial charge in [0.15, 0.2) is 6.10 Å². The number of amides is 2. The Hall–Kier alpha value is -3.60. The quantitative estimate of drug-likeness (QED) is 0.257. The number of nitrogens with one attached hydrogen (secondary N) is 2. The number of hydrogen-bond acceptors (Lipinski definition) is 8. The molecule has 1 aliphatic heterocycles. The van der Waals surface area contributed by atoms with Crippen molar-refractivity contribution in [2.45, 2.75) is 76.2 Å². The van der Waals surface area contributed by atoms with Gasteiger partial charge in [0.1, 0.15) is 17.9 Å². The molecule has 1 heterocycles. The number of carbonyl (C=O) groups excluding carboxylic acids is 4.